The second kappa shape index (κ2) is 7.13. The van der Waals surface area contributed by atoms with Crippen molar-refractivity contribution < 1.29 is 4.39 Å². The highest BCUT2D eigenvalue weighted by atomic mass is 19.1. The van der Waals surface area contributed by atoms with Gasteiger partial charge in [0.05, 0.1) is 5.69 Å². The van der Waals surface area contributed by atoms with Crippen LogP contribution in [0.5, 0.6) is 0 Å². The maximum atomic E-state index is 14.0. The van der Waals surface area contributed by atoms with Crippen LogP contribution in [0, 0.1) is 12.7 Å². The molecule has 1 N–H and O–H groups in total. The number of nitrogens with zero attached hydrogens (tertiary/aromatic N) is 3. The number of anilines is 1. The molecule has 0 fully saturated rings. The fourth-order valence-electron chi connectivity index (χ4n) is 2.08. The molecule has 21 heavy (non-hydrogen) atoms. The molecule has 0 amide bonds. The Morgan fingerprint density at radius 1 is 1.29 bits per heavy atom. The van der Waals surface area contributed by atoms with Crippen molar-refractivity contribution in [2.75, 3.05) is 31.6 Å². The summed E-state index contributed by atoms with van der Waals surface area (Å²) in [5.74, 6) is 0.390. The van der Waals surface area contributed by atoms with Crippen LogP contribution in [0.1, 0.15) is 12.6 Å². The molecule has 0 bridgehead atoms. The minimum absolute atomic E-state index is 0.231. The standard InChI is InChI=1S/C16H21FN4/c1-4-18-9-10-21(3)15-11-13(5-6-14(15)17)16-19-8-7-12(2)20-16/h5-8,11,18H,4,9-10H2,1-3H3. The van der Waals surface area contributed by atoms with Crippen LogP contribution >= 0.6 is 0 Å². The molecule has 0 radical (unpaired) electrons. The van der Waals surface area contributed by atoms with Crippen LogP contribution in [0.15, 0.2) is 30.5 Å². The van der Waals surface area contributed by atoms with Crippen LogP contribution in [-0.4, -0.2) is 36.6 Å². The SMILES string of the molecule is CCNCCN(C)c1cc(-c2nccc(C)n2)ccc1F. The predicted octanol–water partition coefficient (Wildman–Crippen LogP) is 2.64. The van der Waals surface area contributed by atoms with Crippen LogP contribution in [0.3, 0.4) is 0 Å². The molecule has 2 aromatic rings. The molecule has 1 aromatic heterocycles. The lowest BCUT2D eigenvalue weighted by atomic mass is 10.1. The van der Waals surface area contributed by atoms with E-state index >= 15 is 0 Å². The first-order valence-corrected chi connectivity index (χ1v) is 7.13. The second-order valence-electron chi connectivity index (χ2n) is 4.96. The van der Waals surface area contributed by atoms with E-state index in [2.05, 4.69) is 22.2 Å². The molecular weight excluding hydrogens is 267 g/mol. The second-order valence-corrected chi connectivity index (χ2v) is 4.96. The zero-order chi connectivity index (χ0) is 15.2. The van der Waals surface area contributed by atoms with Crippen molar-refractivity contribution in [2.45, 2.75) is 13.8 Å². The first-order chi connectivity index (χ1) is 10.1. The molecule has 0 atom stereocenters. The summed E-state index contributed by atoms with van der Waals surface area (Å²) in [6.45, 7) is 6.43. The zero-order valence-corrected chi connectivity index (χ0v) is 12.7. The van der Waals surface area contributed by atoms with Crippen LogP contribution in [-0.2, 0) is 0 Å². The van der Waals surface area contributed by atoms with E-state index in [1.807, 2.05) is 24.9 Å². The van der Waals surface area contributed by atoms with E-state index in [9.17, 15) is 4.39 Å². The Labute approximate surface area is 125 Å². The molecule has 0 unspecified atom stereocenters. The maximum absolute atomic E-state index is 14.0. The Morgan fingerprint density at radius 3 is 2.81 bits per heavy atom. The number of halogens is 1. The fraction of sp³-hybridized carbons (Fsp3) is 0.375. The number of hydrogen-bond acceptors (Lipinski definition) is 4. The summed E-state index contributed by atoms with van der Waals surface area (Å²) in [5.41, 5.74) is 2.28. The van der Waals surface area contributed by atoms with Gasteiger partial charge in [0, 0.05) is 37.6 Å². The predicted molar refractivity (Wildman–Crippen MR) is 84.0 cm³/mol. The molecule has 4 nitrogen and oxygen atoms in total. The molecular formula is C16H21FN4. The molecule has 0 aliphatic heterocycles. The number of hydrogen-bond donors (Lipinski definition) is 1. The molecule has 5 heteroatoms. The van der Waals surface area contributed by atoms with E-state index in [1.165, 1.54) is 6.07 Å². The highest BCUT2D eigenvalue weighted by Gasteiger charge is 2.10. The number of aryl methyl sites for hydroxylation is 1. The molecule has 0 aliphatic rings. The highest BCUT2D eigenvalue weighted by Crippen LogP contribution is 2.24. The van der Waals surface area contributed by atoms with Crippen molar-refractivity contribution in [3.8, 4) is 11.4 Å². The summed E-state index contributed by atoms with van der Waals surface area (Å²) < 4.78 is 14.0. The number of likely N-dealkylation sites (N-methyl/N-ethyl adjacent to an activating group) is 2. The Bertz CT molecular complexity index is 601. The molecule has 0 spiro atoms. The van der Waals surface area contributed by atoms with Gasteiger partial charge in [-0.05, 0) is 37.7 Å². The van der Waals surface area contributed by atoms with Gasteiger partial charge in [-0.2, -0.15) is 0 Å². The number of aromatic nitrogens is 2. The minimum Gasteiger partial charge on any atom is -0.371 e. The van der Waals surface area contributed by atoms with Gasteiger partial charge in [0.25, 0.3) is 0 Å². The van der Waals surface area contributed by atoms with Gasteiger partial charge in [0.1, 0.15) is 5.82 Å². The van der Waals surface area contributed by atoms with Crippen molar-refractivity contribution in [1.29, 1.82) is 0 Å². The van der Waals surface area contributed by atoms with Crippen LogP contribution < -0.4 is 10.2 Å². The van der Waals surface area contributed by atoms with Crippen molar-refractivity contribution in [3.05, 3.63) is 42.0 Å². The summed E-state index contributed by atoms with van der Waals surface area (Å²) in [7, 11) is 1.89. The van der Waals surface area contributed by atoms with Gasteiger partial charge in [0.15, 0.2) is 5.82 Å². The molecule has 0 aliphatic carbocycles. The third kappa shape index (κ3) is 3.98. The van der Waals surface area contributed by atoms with Gasteiger partial charge >= 0.3 is 0 Å². The van der Waals surface area contributed by atoms with Crippen LogP contribution in [0.4, 0.5) is 10.1 Å². The first kappa shape index (κ1) is 15.4. The summed E-state index contributed by atoms with van der Waals surface area (Å²) in [4.78, 5) is 10.5. The third-order valence-electron chi connectivity index (χ3n) is 3.28. The smallest absolute Gasteiger partial charge is 0.159 e. The zero-order valence-electron chi connectivity index (χ0n) is 12.7. The van der Waals surface area contributed by atoms with Crippen LogP contribution in [0.2, 0.25) is 0 Å². The average molecular weight is 288 g/mol. The lowest BCUT2D eigenvalue weighted by molar-refractivity contribution is 0.618. The summed E-state index contributed by atoms with van der Waals surface area (Å²) in [6.07, 6.45) is 1.72. The number of benzene rings is 1. The average Bonchev–Trinajstić information content (AvgIpc) is 2.48. The van der Waals surface area contributed by atoms with Gasteiger partial charge in [-0.15, -0.1) is 0 Å². The third-order valence-corrected chi connectivity index (χ3v) is 3.28. The Morgan fingerprint density at radius 2 is 2.10 bits per heavy atom. The summed E-state index contributed by atoms with van der Waals surface area (Å²) in [6, 6.07) is 6.83. The summed E-state index contributed by atoms with van der Waals surface area (Å²) in [5, 5.41) is 3.23. The van der Waals surface area contributed by atoms with Crippen molar-refractivity contribution in [1.82, 2.24) is 15.3 Å². The Kier molecular flexibility index (Phi) is 5.22. The Hall–Kier alpha value is -2.01. The minimum atomic E-state index is -0.231. The van der Waals surface area contributed by atoms with Crippen molar-refractivity contribution >= 4 is 5.69 Å². The summed E-state index contributed by atoms with van der Waals surface area (Å²) >= 11 is 0. The van der Waals surface area contributed by atoms with Gasteiger partial charge < -0.3 is 10.2 Å². The fourth-order valence-corrected chi connectivity index (χ4v) is 2.08. The van der Waals surface area contributed by atoms with Crippen LogP contribution in [0.25, 0.3) is 11.4 Å². The lowest BCUT2D eigenvalue weighted by Gasteiger charge is -2.20. The molecule has 1 heterocycles. The molecule has 0 saturated carbocycles. The molecule has 1 aromatic carbocycles. The van der Waals surface area contributed by atoms with E-state index in [1.54, 1.807) is 18.3 Å². The van der Waals surface area contributed by atoms with E-state index in [4.69, 9.17) is 0 Å². The quantitative estimate of drug-likeness (QED) is 0.830. The molecule has 0 saturated heterocycles. The molecule has 112 valence electrons. The topological polar surface area (TPSA) is 41.0 Å². The normalized spacial score (nSPS) is 10.7. The van der Waals surface area contributed by atoms with Gasteiger partial charge in [0.2, 0.25) is 0 Å². The number of rotatable bonds is 6. The van der Waals surface area contributed by atoms with Gasteiger partial charge in [-0.1, -0.05) is 6.92 Å². The monoisotopic (exact) mass is 288 g/mol. The van der Waals surface area contributed by atoms with E-state index in [0.717, 1.165) is 30.9 Å². The van der Waals surface area contributed by atoms with Crippen molar-refractivity contribution in [2.24, 2.45) is 0 Å². The first-order valence-electron chi connectivity index (χ1n) is 7.13. The van der Waals surface area contributed by atoms with E-state index in [-0.39, 0.29) is 5.82 Å². The van der Waals surface area contributed by atoms with Gasteiger partial charge in [-0.3, -0.25) is 0 Å². The highest BCUT2D eigenvalue weighted by molar-refractivity contribution is 5.63. The number of nitrogens with one attached hydrogen (secondary N) is 1. The Balaban J connectivity index is 2.24. The maximum Gasteiger partial charge on any atom is 0.159 e. The van der Waals surface area contributed by atoms with E-state index in [0.29, 0.717) is 11.5 Å². The van der Waals surface area contributed by atoms with E-state index < -0.39 is 0 Å². The largest absolute Gasteiger partial charge is 0.371 e. The molecule has 2 rings (SSSR count). The van der Waals surface area contributed by atoms with Gasteiger partial charge in [-0.25, -0.2) is 14.4 Å². The lowest BCUT2D eigenvalue weighted by Crippen LogP contribution is -2.29. The van der Waals surface area contributed by atoms with Crippen molar-refractivity contribution in [3.63, 3.8) is 0 Å².